The number of aliphatic hydroxyl groups excluding tert-OH is 1. The van der Waals surface area contributed by atoms with Crippen molar-refractivity contribution in [2.75, 3.05) is 6.54 Å². The smallest absolute Gasteiger partial charge is 0.0945 e. The molecule has 19 heavy (non-hydrogen) atoms. The Labute approximate surface area is 118 Å². The lowest BCUT2D eigenvalue weighted by molar-refractivity contribution is 0.134. The molecule has 2 unspecified atom stereocenters. The highest BCUT2D eigenvalue weighted by Crippen LogP contribution is 2.25. The second kappa shape index (κ2) is 7.06. The van der Waals surface area contributed by atoms with E-state index >= 15 is 0 Å². The van der Waals surface area contributed by atoms with Gasteiger partial charge in [-0.1, -0.05) is 31.5 Å². The van der Waals surface area contributed by atoms with Gasteiger partial charge in [0.05, 0.1) is 6.10 Å². The lowest BCUT2D eigenvalue weighted by atomic mass is 9.92. The van der Waals surface area contributed by atoms with Crippen LogP contribution in [0.1, 0.15) is 55.5 Å². The van der Waals surface area contributed by atoms with Gasteiger partial charge in [0, 0.05) is 6.04 Å². The summed E-state index contributed by atoms with van der Waals surface area (Å²) in [5.74, 6) is 0.694. The number of benzene rings is 1. The van der Waals surface area contributed by atoms with E-state index in [4.69, 9.17) is 0 Å². The van der Waals surface area contributed by atoms with Gasteiger partial charge in [-0.05, 0) is 63.3 Å². The third-order valence-electron chi connectivity index (χ3n) is 3.70. The normalized spacial score (nSPS) is 14.7. The van der Waals surface area contributed by atoms with E-state index in [0.717, 1.165) is 18.5 Å². The summed E-state index contributed by atoms with van der Waals surface area (Å²) in [7, 11) is 0. The molecule has 0 spiro atoms. The molecule has 1 aromatic carbocycles. The Hall–Kier alpha value is -0.860. The fourth-order valence-corrected chi connectivity index (χ4v) is 2.62. The average molecular weight is 263 g/mol. The first kappa shape index (κ1) is 16.2. The molecule has 0 radical (unpaired) electrons. The van der Waals surface area contributed by atoms with Crippen molar-refractivity contribution in [2.24, 2.45) is 5.92 Å². The van der Waals surface area contributed by atoms with E-state index in [1.54, 1.807) is 0 Å². The summed E-state index contributed by atoms with van der Waals surface area (Å²) in [6.45, 7) is 13.7. The first-order valence-electron chi connectivity index (χ1n) is 7.32. The fraction of sp³-hybridized carbons (Fsp3) is 0.647. The Bertz CT molecular complexity index is 389. The molecule has 2 heteroatoms. The standard InChI is InChI=1S/C17H29NO/c1-11(2)7-8-18-15(6)17(19)16-13(4)9-12(3)10-14(16)5/h9-11,15,17-19H,7-8H2,1-6H3. The maximum Gasteiger partial charge on any atom is 0.0945 e. The molecule has 0 amide bonds. The monoisotopic (exact) mass is 263 g/mol. The van der Waals surface area contributed by atoms with Crippen molar-refractivity contribution < 1.29 is 5.11 Å². The van der Waals surface area contributed by atoms with E-state index in [9.17, 15) is 5.11 Å². The molecule has 1 rings (SSSR count). The minimum atomic E-state index is -0.437. The molecule has 2 N–H and O–H groups in total. The molecule has 0 bridgehead atoms. The minimum Gasteiger partial charge on any atom is -0.387 e. The van der Waals surface area contributed by atoms with E-state index in [0.29, 0.717) is 5.92 Å². The van der Waals surface area contributed by atoms with Gasteiger partial charge in [-0.2, -0.15) is 0 Å². The molecule has 0 aliphatic rings. The van der Waals surface area contributed by atoms with Crippen LogP contribution in [0.4, 0.5) is 0 Å². The number of hydrogen-bond acceptors (Lipinski definition) is 2. The predicted molar refractivity (Wildman–Crippen MR) is 82.5 cm³/mol. The zero-order valence-electron chi connectivity index (χ0n) is 13.2. The van der Waals surface area contributed by atoms with Crippen LogP contribution >= 0.6 is 0 Å². The topological polar surface area (TPSA) is 32.3 Å². The van der Waals surface area contributed by atoms with Crippen molar-refractivity contribution >= 4 is 0 Å². The Balaban J connectivity index is 2.74. The second-order valence-electron chi connectivity index (χ2n) is 6.18. The molecule has 2 nitrogen and oxygen atoms in total. The zero-order valence-corrected chi connectivity index (χ0v) is 13.2. The van der Waals surface area contributed by atoms with Crippen LogP contribution < -0.4 is 5.32 Å². The van der Waals surface area contributed by atoms with Crippen molar-refractivity contribution in [3.8, 4) is 0 Å². The van der Waals surface area contributed by atoms with Gasteiger partial charge in [-0.3, -0.25) is 0 Å². The number of hydrogen-bond donors (Lipinski definition) is 2. The van der Waals surface area contributed by atoms with Crippen LogP contribution in [0.3, 0.4) is 0 Å². The molecular formula is C17H29NO. The molecule has 0 saturated heterocycles. The third-order valence-corrected chi connectivity index (χ3v) is 3.70. The lowest BCUT2D eigenvalue weighted by Gasteiger charge is -2.24. The van der Waals surface area contributed by atoms with Crippen LogP contribution in [0.25, 0.3) is 0 Å². The van der Waals surface area contributed by atoms with E-state index < -0.39 is 6.10 Å². The molecule has 0 aliphatic heterocycles. The Morgan fingerprint density at radius 1 is 1.05 bits per heavy atom. The number of aryl methyl sites for hydroxylation is 3. The summed E-state index contributed by atoms with van der Waals surface area (Å²) in [4.78, 5) is 0. The number of aliphatic hydroxyl groups is 1. The summed E-state index contributed by atoms with van der Waals surface area (Å²) >= 11 is 0. The molecule has 0 fully saturated rings. The fourth-order valence-electron chi connectivity index (χ4n) is 2.62. The van der Waals surface area contributed by atoms with Crippen LogP contribution in [0, 0.1) is 26.7 Å². The van der Waals surface area contributed by atoms with Gasteiger partial charge in [0.1, 0.15) is 0 Å². The SMILES string of the molecule is Cc1cc(C)c(C(O)C(C)NCCC(C)C)c(C)c1. The molecule has 0 saturated carbocycles. The first-order chi connectivity index (χ1) is 8.82. The van der Waals surface area contributed by atoms with Crippen molar-refractivity contribution in [2.45, 2.75) is 60.1 Å². The summed E-state index contributed by atoms with van der Waals surface area (Å²) < 4.78 is 0. The van der Waals surface area contributed by atoms with Crippen LogP contribution in [0.2, 0.25) is 0 Å². The van der Waals surface area contributed by atoms with Gasteiger partial charge >= 0.3 is 0 Å². The number of rotatable bonds is 6. The van der Waals surface area contributed by atoms with E-state index in [2.05, 4.69) is 59.0 Å². The molecule has 0 aromatic heterocycles. The quantitative estimate of drug-likeness (QED) is 0.821. The summed E-state index contributed by atoms with van der Waals surface area (Å²) in [6, 6.07) is 4.37. The maximum atomic E-state index is 10.5. The van der Waals surface area contributed by atoms with E-state index in [1.165, 1.54) is 16.7 Å². The van der Waals surface area contributed by atoms with Gasteiger partial charge < -0.3 is 10.4 Å². The first-order valence-corrected chi connectivity index (χ1v) is 7.32. The summed E-state index contributed by atoms with van der Waals surface area (Å²) in [5, 5.41) is 14.0. The van der Waals surface area contributed by atoms with E-state index in [1.807, 2.05) is 0 Å². The molecular weight excluding hydrogens is 234 g/mol. The molecule has 0 heterocycles. The van der Waals surface area contributed by atoms with Gasteiger partial charge in [0.15, 0.2) is 0 Å². The highest BCUT2D eigenvalue weighted by atomic mass is 16.3. The average Bonchev–Trinajstić information content (AvgIpc) is 2.26. The maximum absolute atomic E-state index is 10.5. The summed E-state index contributed by atoms with van der Waals surface area (Å²) in [6.07, 6.45) is 0.705. The molecule has 0 aliphatic carbocycles. The Morgan fingerprint density at radius 2 is 1.58 bits per heavy atom. The van der Waals surface area contributed by atoms with Gasteiger partial charge in [0.2, 0.25) is 0 Å². The largest absolute Gasteiger partial charge is 0.387 e. The molecule has 2 atom stereocenters. The van der Waals surface area contributed by atoms with Gasteiger partial charge in [-0.15, -0.1) is 0 Å². The Kier molecular flexibility index (Phi) is 6.02. The van der Waals surface area contributed by atoms with Gasteiger partial charge in [-0.25, -0.2) is 0 Å². The third kappa shape index (κ3) is 4.63. The highest BCUT2D eigenvalue weighted by molar-refractivity contribution is 5.39. The van der Waals surface area contributed by atoms with Crippen LogP contribution in [-0.2, 0) is 0 Å². The molecule has 108 valence electrons. The van der Waals surface area contributed by atoms with Crippen LogP contribution in [0.15, 0.2) is 12.1 Å². The second-order valence-corrected chi connectivity index (χ2v) is 6.18. The van der Waals surface area contributed by atoms with E-state index in [-0.39, 0.29) is 6.04 Å². The predicted octanol–water partition coefficient (Wildman–Crippen LogP) is 3.67. The molecule has 1 aromatic rings. The Morgan fingerprint density at radius 3 is 2.05 bits per heavy atom. The summed E-state index contributed by atoms with van der Waals surface area (Å²) in [5.41, 5.74) is 4.70. The lowest BCUT2D eigenvalue weighted by Crippen LogP contribution is -2.34. The number of nitrogens with one attached hydrogen (secondary N) is 1. The zero-order chi connectivity index (χ0) is 14.6. The van der Waals surface area contributed by atoms with Crippen molar-refractivity contribution in [1.82, 2.24) is 5.32 Å². The van der Waals surface area contributed by atoms with Crippen LogP contribution in [-0.4, -0.2) is 17.7 Å². The van der Waals surface area contributed by atoms with Crippen molar-refractivity contribution in [3.05, 3.63) is 34.4 Å². The van der Waals surface area contributed by atoms with Gasteiger partial charge in [0.25, 0.3) is 0 Å². The highest BCUT2D eigenvalue weighted by Gasteiger charge is 2.19. The van der Waals surface area contributed by atoms with Crippen molar-refractivity contribution in [3.63, 3.8) is 0 Å². The van der Waals surface area contributed by atoms with Crippen LogP contribution in [0.5, 0.6) is 0 Å². The van der Waals surface area contributed by atoms with Crippen molar-refractivity contribution in [1.29, 1.82) is 0 Å². The minimum absolute atomic E-state index is 0.0823.